The van der Waals surface area contributed by atoms with E-state index in [1.807, 2.05) is 0 Å². The van der Waals surface area contributed by atoms with Crippen molar-refractivity contribution in [1.29, 1.82) is 0 Å². The molecule has 0 aromatic heterocycles. The van der Waals surface area contributed by atoms with Crippen LogP contribution < -0.4 is 0 Å². The van der Waals surface area contributed by atoms with Gasteiger partial charge in [0.2, 0.25) is 0 Å². The smallest absolute Gasteiger partial charge is 0.462 e. The van der Waals surface area contributed by atoms with Gasteiger partial charge in [0.15, 0.2) is 12.2 Å². The summed E-state index contributed by atoms with van der Waals surface area (Å²) >= 11 is 0. The van der Waals surface area contributed by atoms with Gasteiger partial charge >= 0.3 is 39.5 Å². The Morgan fingerprint density at radius 1 is 0.284 bits per heavy atom. The van der Waals surface area contributed by atoms with E-state index in [0.717, 1.165) is 102 Å². The zero-order chi connectivity index (χ0) is 74.9. The van der Waals surface area contributed by atoms with Crippen LogP contribution in [-0.4, -0.2) is 96.7 Å². The summed E-state index contributed by atoms with van der Waals surface area (Å²) in [6.07, 6.45) is 65.1. The minimum absolute atomic E-state index is 0.107. The number of esters is 4. The molecule has 0 radical (unpaired) electrons. The second kappa shape index (κ2) is 74.5. The second-order valence-electron chi connectivity index (χ2n) is 30.6. The molecular weight excluding hydrogens is 1330 g/mol. The molecule has 6 atom stereocenters. The van der Waals surface area contributed by atoms with Crippen molar-refractivity contribution in [3.05, 3.63) is 0 Å². The summed E-state index contributed by atoms with van der Waals surface area (Å²) in [7, 11) is -9.92. The molecular formula is C83H162O17P2. The fraction of sp³-hybridized carbons (Fsp3) is 0.952. The van der Waals surface area contributed by atoms with Crippen LogP contribution in [0.3, 0.4) is 0 Å². The zero-order valence-electron chi connectivity index (χ0n) is 66.9. The van der Waals surface area contributed by atoms with E-state index in [9.17, 15) is 43.2 Å². The number of carbonyl (C=O) groups excluding carboxylic acids is 4. The molecule has 3 N–H and O–H groups in total. The lowest BCUT2D eigenvalue weighted by atomic mass is 9.99. The Morgan fingerprint density at radius 2 is 0.500 bits per heavy atom. The van der Waals surface area contributed by atoms with Crippen molar-refractivity contribution in [2.45, 2.75) is 458 Å². The highest BCUT2D eigenvalue weighted by Gasteiger charge is 2.30. The number of aliphatic hydroxyl groups excluding tert-OH is 1. The molecule has 0 aromatic rings. The van der Waals surface area contributed by atoms with Crippen molar-refractivity contribution in [1.82, 2.24) is 0 Å². The molecule has 0 aliphatic heterocycles. The van der Waals surface area contributed by atoms with Gasteiger partial charge in [-0.3, -0.25) is 37.3 Å². The first-order valence-electron chi connectivity index (χ1n) is 43.0. The van der Waals surface area contributed by atoms with Gasteiger partial charge in [-0.25, -0.2) is 9.13 Å². The summed E-state index contributed by atoms with van der Waals surface area (Å²) in [6, 6.07) is 0. The van der Waals surface area contributed by atoms with Crippen LogP contribution in [-0.2, 0) is 65.4 Å². The van der Waals surface area contributed by atoms with E-state index in [0.29, 0.717) is 25.7 Å². The van der Waals surface area contributed by atoms with Crippen LogP contribution in [0.4, 0.5) is 0 Å². The van der Waals surface area contributed by atoms with Gasteiger partial charge in [-0.15, -0.1) is 0 Å². The van der Waals surface area contributed by atoms with E-state index in [2.05, 4.69) is 41.5 Å². The van der Waals surface area contributed by atoms with Gasteiger partial charge in [-0.1, -0.05) is 388 Å². The summed E-state index contributed by atoms with van der Waals surface area (Å²) in [5, 5.41) is 10.7. The first-order chi connectivity index (χ1) is 49.4. The number of phosphoric acid groups is 2. The van der Waals surface area contributed by atoms with E-state index in [-0.39, 0.29) is 25.7 Å². The van der Waals surface area contributed by atoms with E-state index in [1.165, 1.54) is 257 Å². The van der Waals surface area contributed by atoms with E-state index < -0.39 is 97.5 Å². The van der Waals surface area contributed by atoms with Gasteiger partial charge in [0, 0.05) is 25.7 Å². The molecule has 0 heterocycles. The molecule has 17 nitrogen and oxygen atoms in total. The fourth-order valence-corrected chi connectivity index (χ4v) is 14.4. The Balaban J connectivity index is 5.25. The number of ether oxygens (including phenoxy) is 4. The maximum atomic E-state index is 13.1. The molecule has 3 unspecified atom stereocenters. The first-order valence-corrected chi connectivity index (χ1v) is 46.0. The van der Waals surface area contributed by atoms with Gasteiger partial charge in [0.25, 0.3) is 0 Å². The molecule has 606 valence electrons. The molecule has 0 spiro atoms. The van der Waals surface area contributed by atoms with Gasteiger partial charge in [-0.05, 0) is 37.5 Å². The first kappa shape index (κ1) is 100. The molecule has 0 saturated heterocycles. The van der Waals surface area contributed by atoms with Crippen LogP contribution in [0, 0.1) is 11.8 Å². The van der Waals surface area contributed by atoms with Crippen molar-refractivity contribution in [2.75, 3.05) is 39.6 Å². The summed E-state index contributed by atoms with van der Waals surface area (Å²) in [5.74, 6) is -0.492. The van der Waals surface area contributed by atoms with Crippen molar-refractivity contribution in [3.63, 3.8) is 0 Å². The second-order valence-corrected chi connectivity index (χ2v) is 33.5. The highest BCUT2D eigenvalue weighted by atomic mass is 31.2. The van der Waals surface area contributed by atoms with Crippen LogP contribution >= 0.6 is 15.6 Å². The summed E-state index contributed by atoms with van der Waals surface area (Å²) < 4.78 is 68.8. The SMILES string of the molecule is CCCCCCCCCCCCCCCCCCCCC(=O)OC[C@H](COP(=O)(O)OC[C@@H](O)COP(=O)(O)OC[C@@H](COC(=O)CCCCCCCCCCCCC)OC(=O)CCCCCCCCCCCCC(C)CC)OC(=O)CCCCCCCCCCCCCCCCCCC(C)C. The normalized spacial score (nSPS) is 14.1. The molecule has 102 heavy (non-hydrogen) atoms. The number of rotatable bonds is 82. The quantitative estimate of drug-likeness (QED) is 0.0222. The molecule has 0 fully saturated rings. The maximum absolute atomic E-state index is 13.1. The van der Waals surface area contributed by atoms with Gasteiger partial charge in [0.05, 0.1) is 26.4 Å². The number of hydrogen-bond donors (Lipinski definition) is 3. The van der Waals surface area contributed by atoms with Crippen LogP contribution in [0.5, 0.6) is 0 Å². The predicted molar refractivity (Wildman–Crippen MR) is 418 cm³/mol. The zero-order valence-corrected chi connectivity index (χ0v) is 68.7. The third-order valence-corrected chi connectivity index (χ3v) is 21.7. The summed E-state index contributed by atoms with van der Waals surface area (Å²) in [6.45, 7) is 9.70. The highest BCUT2D eigenvalue weighted by molar-refractivity contribution is 7.47. The van der Waals surface area contributed by atoms with Gasteiger partial charge < -0.3 is 33.8 Å². The number of unbranched alkanes of at least 4 members (excludes halogenated alkanes) is 51. The van der Waals surface area contributed by atoms with Crippen molar-refractivity contribution in [2.24, 2.45) is 11.8 Å². The van der Waals surface area contributed by atoms with Crippen LogP contribution in [0.2, 0.25) is 0 Å². The van der Waals surface area contributed by atoms with Crippen LogP contribution in [0.15, 0.2) is 0 Å². The van der Waals surface area contributed by atoms with E-state index in [4.69, 9.17) is 37.0 Å². The average molecular weight is 1490 g/mol. The van der Waals surface area contributed by atoms with E-state index in [1.54, 1.807) is 0 Å². The molecule has 19 heteroatoms. The molecule has 0 amide bonds. The van der Waals surface area contributed by atoms with Crippen molar-refractivity contribution >= 4 is 39.5 Å². The largest absolute Gasteiger partial charge is 0.472 e. The standard InChI is InChI=1S/C83H162O17P2/c1-7-10-12-14-16-18-20-21-22-23-24-28-31-35-42-48-54-60-66-81(86)94-72-78(99-82(87)67-61-55-49-43-36-32-29-26-25-27-30-34-39-45-51-57-63-75(4)5)73-97-101(89,90)95-69-77(84)70-96-102(91,92)98-74-79(71-93-80(85)65-59-53-47-41-33-19-17-15-13-11-8-2)100-83(88)68-62-56-50-44-38-37-40-46-52-58-64-76(6)9-3/h75-79,84H,7-74H2,1-6H3,(H,89,90)(H,91,92)/t76?,77-,78-,79-/m1/s1. The lowest BCUT2D eigenvalue weighted by Crippen LogP contribution is -2.30. The minimum Gasteiger partial charge on any atom is -0.462 e. The molecule has 0 bridgehead atoms. The topological polar surface area (TPSA) is 237 Å². The van der Waals surface area contributed by atoms with Crippen molar-refractivity contribution in [3.8, 4) is 0 Å². The van der Waals surface area contributed by atoms with Crippen LogP contribution in [0.1, 0.15) is 440 Å². The van der Waals surface area contributed by atoms with E-state index >= 15 is 0 Å². The Kier molecular flexibility index (Phi) is 73.1. The Morgan fingerprint density at radius 3 is 0.745 bits per heavy atom. The monoisotopic (exact) mass is 1490 g/mol. The Bertz CT molecular complexity index is 1960. The third kappa shape index (κ3) is 74.9. The highest BCUT2D eigenvalue weighted by Crippen LogP contribution is 2.45. The molecule has 0 aliphatic rings. The predicted octanol–water partition coefficient (Wildman–Crippen LogP) is 25.1. The maximum Gasteiger partial charge on any atom is 0.472 e. The lowest BCUT2D eigenvalue weighted by Gasteiger charge is -2.21. The Hall–Kier alpha value is -1.94. The lowest BCUT2D eigenvalue weighted by molar-refractivity contribution is -0.161. The fourth-order valence-electron chi connectivity index (χ4n) is 12.9. The molecule has 0 aromatic carbocycles. The van der Waals surface area contributed by atoms with Crippen LogP contribution in [0.25, 0.3) is 0 Å². The summed E-state index contributed by atoms with van der Waals surface area (Å²) in [4.78, 5) is 73.1. The third-order valence-electron chi connectivity index (χ3n) is 19.8. The molecule has 0 saturated carbocycles. The van der Waals surface area contributed by atoms with Gasteiger partial charge in [-0.2, -0.15) is 0 Å². The number of carbonyl (C=O) groups is 4. The number of phosphoric ester groups is 2. The Labute approximate surface area is 626 Å². The number of aliphatic hydroxyl groups is 1. The van der Waals surface area contributed by atoms with Gasteiger partial charge in [0.1, 0.15) is 19.3 Å². The molecule has 0 rings (SSSR count). The minimum atomic E-state index is -4.96. The number of hydrogen-bond acceptors (Lipinski definition) is 15. The average Bonchev–Trinajstić information content (AvgIpc) is 0.924. The summed E-state index contributed by atoms with van der Waals surface area (Å²) in [5.41, 5.74) is 0. The van der Waals surface area contributed by atoms with Crippen molar-refractivity contribution < 1.29 is 80.2 Å². The molecule has 0 aliphatic carbocycles.